The molecule has 0 aliphatic carbocycles. The lowest BCUT2D eigenvalue weighted by molar-refractivity contribution is -0.137. The van der Waals surface area contributed by atoms with E-state index in [-0.39, 0.29) is 24.1 Å². The Bertz CT molecular complexity index is 1310. The molecular formula is C25H23BrF3NO4S. The van der Waals surface area contributed by atoms with Gasteiger partial charge in [0.15, 0.2) is 0 Å². The van der Waals surface area contributed by atoms with Crippen LogP contribution in [0.1, 0.15) is 35.3 Å². The lowest BCUT2D eigenvalue weighted by Gasteiger charge is -2.25. The molecule has 0 aliphatic heterocycles. The van der Waals surface area contributed by atoms with Crippen molar-refractivity contribution in [1.82, 2.24) is 4.90 Å². The van der Waals surface area contributed by atoms with E-state index >= 15 is 0 Å². The summed E-state index contributed by atoms with van der Waals surface area (Å²) in [4.78, 5) is 14.2. The maximum Gasteiger partial charge on any atom is 0.416 e. The van der Waals surface area contributed by atoms with Gasteiger partial charge in [0.25, 0.3) is 5.91 Å². The third kappa shape index (κ3) is 7.08. The van der Waals surface area contributed by atoms with Crippen LogP contribution in [0.25, 0.3) is 0 Å². The predicted molar refractivity (Wildman–Crippen MR) is 129 cm³/mol. The number of carbonyl (C=O) groups is 1. The van der Waals surface area contributed by atoms with Crippen molar-refractivity contribution < 1.29 is 30.6 Å². The van der Waals surface area contributed by atoms with Crippen LogP contribution in [-0.4, -0.2) is 25.8 Å². The molecule has 10 heteroatoms. The van der Waals surface area contributed by atoms with Gasteiger partial charge in [-0.2, -0.15) is 21.6 Å². The van der Waals surface area contributed by atoms with E-state index < -0.39 is 26.8 Å². The van der Waals surface area contributed by atoms with Crippen LogP contribution in [0.15, 0.2) is 82.2 Å². The molecule has 1 amide bonds. The summed E-state index contributed by atoms with van der Waals surface area (Å²) >= 11 is 3.40. The third-order valence-corrected chi connectivity index (χ3v) is 6.84. The van der Waals surface area contributed by atoms with E-state index in [0.29, 0.717) is 28.2 Å². The highest BCUT2D eigenvalue weighted by Crippen LogP contribution is 2.31. The van der Waals surface area contributed by atoms with E-state index in [1.165, 1.54) is 12.1 Å². The SMILES string of the molecule is CC(C)CN(Cc1cccc(OS(=O)(=O)c2cccc(C(F)(F)F)c2)c1)C(=O)c1ccccc1Br. The molecule has 3 aromatic rings. The highest BCUT2D eigenvalue weighted by Gasteiger charge is 2.32. The second kappa shape index (κ2) is 10.8. The molecule has 0 unspecified atom stereocenters. The van der Waals surface area contributed by atoms with Gasteiger partial charge in [0.05, 0.1) is 11.1 Å². The van der Waals surface area contributed by atoms with Crippen molar-refractivity contribution in [1.29, 1.82) is 0 Å². The maximum absolute atomic E-state index is 13.2. The van der Waals surface area contributed by atoms with Crippen molar-refractivity contribution in [2.45, 2.75) is 31.5 Å². The Labute approximate surface area is 210 Å². The first-order chi connectivity index (χ1) is 16.4. The molecule has 0 aliphatic rings. The van der Waals surface area contributed by atoms with Crippen molar-refractivity contribution >= 4 is 32.0 Å². The smallest absolute Gasteiger partial charge is 0.379 e. The molecular weight excluding hydrogens is 547 g/mol. The van der Waals surface area contributed by atoms with Gasteiger partial charge < -0.3 is 9.08 Å². The van der Waals surface area contributed by atoms with E-state index in [2.05, 4.69) is 15.9 Å². The first-order valence-electron chi connectivity index (χ1n) is 10.6. The summed E-state index contributed by atoms with van der Waals surface area (Å²) in [6.45, 7) is 4.58. The normalized spacial score (nSPS) is 12.0. The zero-order valence-corrected chi connectivity index (χ0v) is 21.3. The Hall–Kier alpha value is -2.85. The van der Waals surface area contributed by atoms with E-state index in [1.807, 2.05) is 13.8 Å². The molecule has 0 aromatic heterocycles. The minimum Gasteiger partial charge on any atom is -0.379 e. The summed E-state index contributed by atoms with van der Waals surface area (Å²) in [5, 5.41) is 0. The third-order valence-electron chi connectivity index (χ3n) is 4.90. The molecule has 35 heavy (non-hydrogen) atoms. The first-order valence-corrected chi connectivity index (χ1v) is 12.8. The zero-order chi connectivity index (χ0) is 25.8. The largest absolute Gasteiger partial charge is 0.416 e. The Morgan fingerprint density at radius 3 is 2.34 bits per heavy atom. The van der Waals surface area contributed by atoms with Crippen LogP contribution in [0.5, 0.6) is 5.75 Å². The Kier molecular flexibility index (Phi) is 8.27. The second-order valence-electron chi connectivity index (χ2n) is 8.27. The summed E-state index contributed by atoms with van der Waals surface area (Å²) in [7, 11) is -4.51. The van der Waals surface area contributed by atoms with Gasteiger partial charge in [-0.3, -0.25) is 4.79 Å². The number of benzene rings is 3. The Morgan fingerprint density at radius 1 is 1.00 bits per heavy atom. The average molecular weight is 570 g/mol. The van der Waals surface area contributed by atoms with Crippen LogP contribution < -0.4 is 4.18 Å². The summed E-state index contributed by atoms with van der Waals surface area (Å²) < 4.78 is 70.0. The monoisotopic (exact) mass is 569 g/mol. The maximum atomic E-state index is 13.2. The molecule has 0 fully saturated rings. The van der Waals surface area contributed by atoms with Gasteiger partial charge in [-0.25, -0.2) is 0 Å². The second-order valence-corrected chi connectivity index (χ2v) is 10.7. The summed E-state index contributed by atoms with van der Waals surface area (Å²) in [5.41, 5.74) is 0.00122. The number of amides is 1. The van der Waals surface area contributed by atoms with Crippen molar-refractivity contribution in [2.75, 3.05) is 6.54 Å². The lowest BCUT2D eigenvalue weighted by Crippen LogP contribution is -2.34. The minimum atomic E-state index is -4.69. The molecule has 0 bridgehead atoms. The highest BCUT2D eigenvalue weighted by molar-refractivity contribution is 9.10. The molecule has 5 nitrogen and oxygen atoms in total. The van der Waals surface area contributed by atoms with Gasteiger partial charge in [0.2, 0.25) is 0 Å². The number of hydrogen-bond donors (Lipinski definition) is 0. The topological polar surface area (TPSA) is 63.7 Å². The van der Waals surface area contributed by atoms with Crippen molar-refractivity contribution in [2.24, 2.45) is 5.92 Å². The van der Waals surface area contributed by atoms with Crippen LogP contribution in [0.2, 0.25) is 0 Å². The Morgan fingerprint density at radius 2 is 1.69 bits per heavy atom. The Balaban J connectivity index is 1.84. The average Bonchev–Trinajstić information content (AvgIpc) is 2.78. The molecule has 3 aromatic carbocycles. The number of alkyl halides is 3. The highest BCUT2D eigenvalue weighted by atomic mass is 79.9. The van der Waals surface area contributed by atoms with Crippen LogP contribution in [0, 0.1) is 5.92 Å². The molecule has 0 atom stereocenters. The van der Waals surface area contributed by atoms with Crippen molar-refractivity contribution in [3.8, 4) is 5.75 Å². The van der Waals surface area contributed by atoms with Crippen molar-refractivity contribution in [3.63, 3.8) is 0 Å². The van der Waals surface area contributed by atoms with E-state index in [1.54, 1.807) is 41.3 Å². The van der Waals surface area contributed by atoms with Crippen LogP contribution in [0.4, 0.5) is 13.2 Å². The number of nitrogens with zero attached hydrogens (tertiary/aromatic N) is 1. The quantitative estimate of drug-likeness (QED) is 0.289. The number of hydrogen-bond acceptors (Lipinski definition) is 4. The fourth-order valence-corrected chi connectivity index (χ4v) is 4.81. The molecule has 186 valence electrons. The summed E-state index contributed by atoms with van der Waals surface area (Å²) in [5.74, 6) is -0.103. The van der Waals surface area contributed by atoms with Crippen LogP contribution in [-0.2, 0) is 22.8 Å². The summed E-state index contributed by atoms with van der Waals surface area (Å²) in [6.07, 6.45) is -4.69. The van der Waals surface area contributed by atoms with Gasteiger partial charge in [0.1, 0.15) is 10.6 Å². The molecule has 3 rings (SSSR count). The van der Waals surface area contributed by atoms with Gasteiger partial charge >= 0.3 is 16.3 Å². The molecule has 0 spiro atoms. The van der Waals surface area contributed by atoms with Crippen LogP contribution in [0.3, 0.4) is 0 Å². The number of carbonyl (C=O) groups excluding carboxylic acids is 1. The van der Waals surface area contributed by atoms with Crippen LogP contribution >= 0.6 is 15.9 Å². The first kappa shape index (κ1) is 26.7. The van der Waals surface area contributed by atoms with Crippen molar-refractivity contribution in [3.05, 3.63) is 94.0 Å². The number of halogens is 4. The number of rotatable bonds is 8. The minimum absolute atomic E-state index is 0.0715. The lowest BCUT2D eigenvalue weighted by atomic mass is 10.1. The molecule has 0 saturated carbocycles. The van der Waals surface area contributed by atoms with E-state index in [0.717, 1.165) is 18.2 Å². The fourth-order valence-electron chi connectivity index (χ4n) is 3.38. The predicted octanol–water partition coefficient (Wildman–Crippen LogP) is 6.53. The van der Waals surface area contributed by atoms with Gasteiger partial charge in [-0.1, -0.05) is 44.2 Å². The molecule has 0 N–H and O–H groups in total. The molecule has 0 saturated heterocycles. The fraction of sp³-hybridized carbons (Fsp3) is 0.240. The summed E-state index contributed by atoms with van der Waals surface area (Å²) in [6, 6.07) is 16.5. The van der Waals surface area contributed by atoms with E-state index in [4.69, 9.17) is 4.18 Å². The van der Waals surface area contributed by atoms with Gasteiger partial charge in [0, 0.05) is 17.6 Å². The van der Waals surface area contributed by atoms with Gasteiger partial charge in [-0.05, 0) is 69.9 Å². The molecule has 0 heterocycles. The standard InChI is InChI=1S/C25H23BrF3NO4S/c1-17(2)15-30(24(31)22-11-3-4-12-23(22)26)16-18-7-5-9-20(13-18)34-35(32,33)21-10-6-8-19(14-21)25(27,28)29/h3-14,17H,15-16H2,1-2H3. The van der Waals surface area contributed by atoms with Gasteiger partial charge in [-0.15, -0.1) is 0 Å². The van der Waals surface area contributed by atoms with E-state index in [9.17, 15) is 26.4 Å². The molecule has 0 radical (unpaired) electrons. The zero-order valence-electron chi connectivity index (χ0n) is 18.9.